The van der Waals surface area contributed by atoms with Gasteiger partial charge in [0.25, 0.3) is 5.91 Å². The monoisotopic (exact) mass is 279 g/mol. The Labute approximate surface area is 116 Å². The Morgan fingerprint density at radius 1 is 1.42 bits per heavy atom. The SMILES string of the molecule is CCCNC(=O)CNC(=O)c1sccc1C#CCN. The van der Waals surface area contributed by atoms with Gasteiger partial charge in [0.15, 0.2) is 0 Å². The lowest BCUT2D eigenvalue weighted by molar-refractivity contribution is -0.120. The highest BCUT2D eigenvalue weighted by atomic mass is 32.1. The van der Waals surface area contributed by atoms with E-state index in [0.29, 0.717) is 17.0 Å². The Balaban J connectivity index is 2.54. The van der Waals surface area contributed by atoms with E-state index in [4.69, 9.17) is 5.73 Å². The van der Waals surface area contributed by atoms with Crippen LogP contribution in [0.25, 0.3) is 0 Å². The number of carbonyl (C=O) groups is 2. The number of amides is 2. The molecule has 0 saturated heterocycles. The van der Waals surface area contributed by atoms with Gasteiger partial charge in [-0.05, 0) is 17.9 Å². The molecule has 0 bridgehead atoms. The van der Waals surface area contributed by atoms with Gasteiger partial charge in [-0.25, -0.2) is 0 Å². The molecular weight excluding hydrogens is 262 g/mol. The zero-order valence-electron chi connectivity index (χ0n) is 10.8. The summed E-state index contributed by atoms with van der Waals surface area (Å²) in [5, 5.41) is 7.04. The summed E-state index contributed by atoms with van der Waals surface area (Å²) >= 11 is 1.29. The first kappa shape index (κ1) is 15.2. The van der Waals surface area contributed by atoms with E-state index in [2.05, 4.69) is 22.5 Å². The Kier molecular flexibility index (Phi) is 6.64. The van der Waals surface area contributed by atoms with Gasteiger partial charge < -0.3 is 16.4 Å². The molecule has 6 heteroatoms. The summed E-state index contributed by atoms with van der Waals surface area (Å²) in [7, 11) is 0. The molecule has 0 fully saturated rings. The van der Waals surface area contributed by atoms with Crippen LogP contribution >= 0.6 is 11.3 Å². The molecule has 0 saturated carbocycles. The summed E-state index contributed by atoms with van der Waals surface area (Å²) in [5.41, 5.74) is 5.93. The second kappa shape index (κ2) is 8.29. The second-order valence-electron chi connectivity index (χ2n) is 3.70. The van der Waals surface area contributed by atoms with E-state index in [9.17, 15) is 9.59 Å². The van der Waals surface area contributed by atoms with Gasteiger partial charge >= 0.3 is 0 Å². The maximum Gasteiger partial charge on any atom is 0.263 e. The fourth-order valence-electron chi connectivity index (χ4n) is 1.30. The van der Waals surface area contributed by atoms with Crippen molar-refractivity contribution in [2.45, 2.75) is 13.3 Å². The van der Waals surface area contributed by atoms with Crippen LogP contribution in [-0.2, 0) is 4.79 Å². The Morgan fingerprint density at radius 3 is 2.89 bits per heavy atom. The molecule has 4 N–H and O–H groups in total. The van der Waals surface area contributed by atoms with E-state index in [1.54, 1.807) is 11.4 Å². The van der Waals surface area contributed by atoms with Crippen molar-refractivity contribution in [2.24, 2.45) is 5.73 Å². The molecule has 1 heterocycles. The highest BCUT2D eigenvalue weighted by molar-refractivity contribution is 7.12. The van der Waals surface area contributed by atoms with E-state index in [-0.39, 0.29) is 24.9 Å². The molecular formula is C13H17N3O2S. The highest BCUT2D eigenvalue weighted by Gasteiger charge is 2.12. The maximum absolute atomic E-state index is 11.9. The van der Waals surface area contributed by atoms with Crippen molar-refractivity contribution in [2.75, 3.05) is 19.6 Å². The van der Waals surface area contributed by atoms with Crippen LogP contribution in [0.5, 0.6) is 0 Å². The van der Waals surface area contributed by atoms with Crippen LogP contribution in [-0.4, -0.2) is 31.4 Å². The topological polar surface area (TPSA) is 84.2 Å². The zero-order valence-corrected chi connectivity index (χ0v) is 11.6. The molecule has 0 aliphatic rings. The van der Waals surface area contributed by atoms with Crippen LogP contribution in [0.4, 0.5) is 0 Å². The number of nitrogens with two attached hydrogens (primary N) is 1. The third kappa shape index (κ3) is 5.12. The molecule has 0 radical (unpaired) electrons. The summed E-state index contributed by atoms with van der Waals surface area (Å²) in [6.45, 7) is 2.80. The Bertz CT molecular complexity index is 499. The van der Waals surface area contributed by atoms with E-state index in [1.807, 2.05) is 6.92 Å². The predicted molar refractivity (Wildman–Crippen MR) is 75.9 cm³/mol. The average molecular weight is 279 g/mol. The molecule has 2 amide bonds. The standard InChI is InChI=1S/C13H17N3O2S/c1-2-7-15-11(17)9-16-13(18)12-10(4-3-6-14)5-8-19-12/h5,8H,2,6-7,9,14H2,1H3,(H,15,17)(H,16,18). The van der Waals surface area contributed by atoms with Gasteiger partial charge in [0.1, 0.15) is 4.88 Å². The van der Waals surface area contributed by atoms with E-state index in [0.717, 1.165) is 6.42 Å². The van der Waals surface area contributed by atoms with Crippen LogP contribution < -0.4 is 16.4 Å². The molecule has 19 heavy (non-hydrogen) atoms. The molecule has 1 aromatic rings. The lowest BCUT2D eigenvalue weighted by atomic mass is 10.2. The number of hydrogen-bond acceptors (Lipinski definition) is 4. The fraction of sp³-hybridized carbons (Fsp3) is 0.385. The fourth-order valence-corrected chi connectivity index (χ4v) is 2.06. The number of hydrogen-bond donors (Lipinski definition) is 3. The zero-order chi connectivity index (χ0) is 14.1. The molecule has 0 atom stereocenters. The van der Waals surface area contributed by atoms with Crippen LogP contribution in [0.3, 0.4) is 0 Å². The van der Waals surface area contributed by atoms with Gasteiger partial charge in [0, 0.05) is 12.1 Å². The average Bonchev–Trinajstić information content (AvgIpc) is 2.88. The first-order chi connectivity index (χ1) is 9.19. The third-order valence-corrected chi connectivity index (χ3v) is 3.09. The smallest absolute Gasteiger partial charge is 0.263 e. The lowest BCUT2D eigenvalue weighted by Crippen LogP contribution is -2.37. The van der Waals surface area contributed by atoms with Crippen molar-refractivity contribution in [3.63, 3.8) is 0 Å². The maximum atomic E-state index is 11.9. The van der Waals surface area contributed by atoms with Gasteiger partial charge in [-0.15, -0.1) is 11.3 Å². The van der Waals surface area contributed by atoms with Crippen LogP contribution in [0, 0.1) is 11.8 Å². The van der Waals surface area contributed by atoms with Gasteiger partial charge in [0.05, 0.1) is 13.1 Å². The van der Waals surface area contributed by atoms with Crippen LogP contribution in [0.2, 0.25) is 0 Å². The molecule has 0 aliphatic carbocycles. The molecule has 5 nitrogen and oxygen atoms in total. The van der Waals surface area contributed by atoms with E-state index < -0.39 is 0 Å². The minimum atomic E-state index is -0.289. The van der Waals surface area contributed by atoms with Crippen molar-refractivity contribution in [3.05, 3.63) is 21.9 Å². The summed E-state index contributed by atoms with van der Waals surface area (Å²) < 4.78 is 0. The minimum Gasteiger partial charge on any atom is -0.355 e. The summed E-state index contributed by atoms with van der Waals surface area (Å²) in [6.07, 6.45) is 0.865. The number of rotatable bonds is 5. The molecule has 0 aromatic carbocycles. The molecule has 1 rings (SSSR count). The van der Waals surface area contributed by atoms with Gasteiger partial charge in [0.2, 0.25) is 5.91 Å². The van der Waals surface area contributed by atoms with Crippen LogP contribution in [0.1, 0.15) is 28.6 Å². The second-order valence-corrected chi connectivity index (χ2v) is 4.62. The summed E-state index contributed by atoms with van der Waals surface area (Å²) in [6, 6.07) is 1.76. The van der Waals surface area contributed by atoms with Crippen molar-refractivity contribution in [1.29, 1.82) is 0 Å². The van der Waals surface area contributed by atoms with Gasteiger partial charge in [-0.3, -0.25) is 9.59 Å². The molecule has 0 unspecified atom stereocenters. The normalized spacial score (nSPS) is 9.37. The molecule has 1 aromatic heterocycles. The van der Waals surface area contributed by atoms with Crippen molar-refractivity contribution in [3.8, 4) is 11.8 Å². The molecule has 0 aliphatic heterocycles. The third-order valence-electron chi connectivity index (χ3n) is 2.18. The van der Waals surface area contributed by atoms with Gasteiger partial charge in [-0.2, -0.15) is 0 Å². The first-order valence-corrected chi connectivity index (χ1v) is 6.88. The van der Waals surface area contributed by atoms with Gasteiger partial charge in [-0.1, -0.05) is 18.8 Å². The van der Waals surface area contributed by atoms with Crippen molar-refractivity contribution in [1.82, 2.24) is 10.6 Å². The Hall–Kier alpha value is -1.84. The van der Waals surface area contributed by atoms with Crippen molar-refractivity contribution < 1.29 is 9.59 Å². The number of nitrogens with one attached hydrogen (secondary N) is 2. The highest BCUT2D eigenvalue weighted by Crippen LogP contribution is 2.15. The lowest BCUT2D eigenvalue weighted by Gasteiger charge is -2.05. The summed E-state index contributed by atoms with van der Waals surface area (Å²) in [4.78, 5) is 23.8. The molecule has 0 spiro atoms. The number of carbonyl (C=O) groups excluding carboxylic acids is 2. The molecule has 102 valence electrons. The summed E-state index contributed by atoms with van der Waals surface area (Å²) in [5.74, 6) is 5.05. The minimum absolute atomic E-state index is 0.0273. The van der Waals surface area contributed by atoms with Crippen LogP contribution in [0.15, 0.2) is 11.4 Å². The number of thiophene rings is 1. The largest absolute Gasteiger partial charge is 0.355 e. The predicted octanol–water partition coefficient (Wildman–Crippen LogP) is 0.314. The quantitative estimate of drug-likeness (QED) is 0.678. The van der Waals surface area contributed by atoms with E-state index in [1.165, 1.54) is 11.3 Å². The Morgan fingerprint density at radius 2 is 2.21 bits per heavy atom. The first-order valence-electron chi connectivity index (χ1n) is 6.00. The van der Waals surface area contributed by atoms with E-state index >= 15 is 0 Å². The van der Waals surface area contributed by atoms with Crippen molar-refractivity contribution >= 4 is 23.2 Å².